The van der Waals surface area contributed by atoms with Gasteiger partial charge in [-0.2, -0.15) is 4.31 Å². The van der Waals surface area contributed by atoms with Crippen LogP contribution < -0.4 is 4.90 Å². The molecule has 0 aliphatic rings. The molecule has 0 radical (unpaired) electrons. The number of carbonyl (C=O) groups is 2. The van der Waals surface area contributed by atoms with Gasteiger partial charge in [-0.1, -0.05) is 12.1 Å². The molecule has 0 aliphatic heterocycles. The van der Waals surface area contributed by atoms with Crippen LogP contribution in [0.4, 0.5) is 5.69 Å². The third-order valence-corrected chi connectivity index (χ3v) is 6.10. The number of hydrogen-bond acceptors (Lipinski definition) is 7. The summed E-state index contributed by atoms with van der Waals surface area (Å²) in [7, 11) is 3.62. The fourth-order valence-electron chi connectivity index (χ4n) is 2.64. The van der Waals surface area contributed by atoms with E-state index in [0.717, 1.165) is 15.6 Å². The first-order chi connectivity index (χ1) is 13.6. The highest BCUT2D eigenvalue weighted by atomic mass is 32.2. The van der Waals surface area contributed by atoms with Crippen molar-refractivity contribution in [3.05, 3.63) is 59.2 Å². The lowest BCUT2D eigenvalue weighted by Crippen LogP contribution is -2.27. The number of hydrogen-bond donors (Lipinski definition) is 0. The highest BCUT2D eigenvalue weighted by molar-refractivity contribution is 7.89. The Morgan fingerprint density at radius 2 is 1.34 bits per heavy atom. The van der Waals surface area contributed by atoms with Crippen LogP contribution in [0.5, 0.6) is 0 Å². The summed E-state index contributed by atoms with van der Waals surface area (Å²) in [6.45, 7) is 0.117. The van der Waals surface area contributed by atoms with Gasteiger partial charge in [0.25, 0.3) is 0 Å². The van der Waals surface area contributed by atoms with Crippen LogP contribution in [0.3, 0.4) is 0 Å². The van der Waals surface area contributed by atoms with Gasteiger partial charge < -0.3 is 14.4 Å². The van der Waals surface area contributed by atoms with Crippen molar-refractivity contribution in [3.8, 4) is 0 Å². The summed E-state index contributed by atoms with van der Waals surface area (Å²) in [5.41, 5.74) is 1.67. The SMILES string of the molecule is COC(=O)c1cc(C(=O)OC)cc(S(=O)(=O)N(C)Cc2ccc(N(C)C)cc2)c1. The van der Waals surface area contributed by atoms with E-state index < -0.39 is 22.0 Å². The highest BCUT2D eigenvalue weighted by Gasteiger charge is 2.25. The van der Waals surface area contributed by atoms with Gasteiger partial charge in [-0.25, -0.2) is 18.0 Å². The Hall–Kier alpha value is -2.91. The number of anilines is 1. The zero-order chi connectivity index (χ0) is 21.8. The first-order valence-electron chi connectivity index (χ1n) is 8.64. The largest absolute Gasteiger partial charge is 0.465 e. The smallest absolute Gasteiger partial charge is 0.337 e. The van der Waals surface area contributed by atoms with Gasteiger partial charge in [0.2, 0.25) is 10.0 Å². The lowest BCUT2D eigenvalue weighted by atomic mass is 10.1. The van der Waals surface area contributed by atoms with Crippen LogP contribution in [0.15, 0.2) is 47.4 Å². The average Bonchev–Trinajstić information content (AvgIpc) is 2.72. The van der Waals surface area contributed by atoms with E-state index in [2.05, 4.69) is 9.47 Å². The first kappa shape index (κ1) is 22.4. The summed E-state index contributed by atoms with van der Waals surface area (Å²) < 4.78 is 36.6. The molecule has 0 bridgehead atoms. The maximum Gasteiger partial charge on any atom is 0.337 e. The summed E-state index contributed by atoms with van der Waals surface area (Å²) in [6.07, 6.45) is 0. The van der Waals surface area contributed by atoms with Crippen molar-refractivity contribution < 1.29 is 27.5 Å². The topological polar surface area (TPSA) is 93.2 Å². The van der Waals surface area contributed by atoms with Gasteiger partial charge in [-0.15, -0.1) is 0 Å². The monoisotopic (exact) mass is 420 g/mol. The molecule has 0 aliphatic carbocycles. The number of ether oxygens (including phenoxy) is 2. The van der Waals surface area contributed by atoms with Crippen molar-refractivity contribution in [3.63, 3.8) is 0 Å². The van der Waals surface area contributed by atoms with Crippen LogP contribution in [-0.4, -0.2) is 60.0 Å². The van der Waals surface area contributed by atoms with Crippen LogP contribution in [0.25, 0.3) is 0 Å². The second-order valence-electron chi connectivity index (χ2n) is 6.55. The van der Waals surface area contributed by atoms with Crippen molar-refractivity contribution in [1.82, 2.24) is 4.31 Å². The summed E-state index contributed by atoms with van der Waals surface area (Å²) in [5, 5.41) is 0. The molecule has 0 saturated carbocycles. The Labute approximate surface area is 170 Å². The molecule has 2 rings (SSSR count). The molecule has 0 amide bonds. The quantitative estimate of drug-likeness (QED) is 0.634. The van der Waals surface area contributed by atoms with Crippen LogP contribution in [-0.2, 0) is 26.0 Å². The number of esters is 2. The van der Waals surface area contributed by atoms with E-state index in [0.29, 0.717) is 0 Å². The summed E-state index contributed by atoms with van der Waals surface area (Å²) in [4.78, 5) is 25.6. The minimum absolute atomic E-state index is 0.0577. The molecule has 0 saturated heterocycles. The lowest BCUT2D eigenvalue weighted by Gasteiger charge is -2.19. The van der Waals surface area contributed by atoms with Gasteiger partial charge >= 0.3 is 11.9 Å². The molecule has 0 unspecified atom stereocenters. The summed E-state index contributed by atoms with van der Waals surface area (Å²) in [5.74, 6) is -1.51. The maximum atomic E-state index is 13.1. The number of carbonyl (C=O) groups excluding carboxylic acids is 2. The minimum atomic E-state index is -3.98. The van der Waals surface area contributed by atoms with Crippen molar-refractivity contribution in [2.24, 2.45) is 0 Å². The third-order valence-electron chi connectivity index (χ3n) is 4.31. The third kappa shape index (κ3) is 5.12. The molecular weight excluding hydrogens is 396 g/mol. The fraction of sp³-hybridized carbons (Fsp3) is 0.300. The molecule has 0 fully saturated rings. The van der Waals surface area contributed by atoms with Crippen molar-refractivity contribution in [2.45, 2.75) is 11.4 Å². The first-order valence-corrected chi connectivity index (χ1v) is 10.1. The molecule has 2 aromatic carbocycles. The molecule has 8 nitrogen and oxygen atoms in total. The minimum Gasteiger partial charge on any atom is -0.465 e. The maximum absolute atomic E-state index is 13.1. The van der Waals surface area contributed by atoms with E-state index in [9.17, 15) is 18.0 Å². The van der Waals surface area contributed by atoms with E-state index in [1.807, 2.05) is 43.3 Å². The van der Waals surface area contributed by atoms with Gasteiger partial charge in [0.1, 0.15) is 0 Å². The van der Waals surface area contributed by atoms with E-state index >= 15 is 0 Å². The van der Waals surface area contributed by atoms with Gasteiger partial charge in [-0.05, 0) is 35.9 Å². The molecule has 0 spiro atoms. The van der Waals surface area contributed by atoms with Crippen LogP contribution >= 0.6 is 0 Å². The Bertz CT molecular complexity index is 966. The number of rotatable bonds is 7. The van der Waals surface area contributed by atoms with E-state index in [4.69, 9.17) is 0 Å². The standard InChI is InChI=1S/C20H24N2O6S/c1-21(2)17-8-6-14(7-9-17)13-22(3)29(25,26)18-11-15(19(23)27-4)10-16(12-18)20(24)28-5/h6-12H,13H2,1-5H3. The Balaban J connectivity index is 2.39. The second kappa shape index (κ2) is 9.06. The van der Waals surface area contributed by atoms with E-state index in [-0.39, 0.29) is 22.6 Å². The van der Waals surface area contributed by atoms with E-state index in [1.165, 1.54) is 39.5 Å². The molecule has 0 aromatic heterocycles. The second-order valence-corrected chi connectivity index (χ2v) is 8.60. The Morgan fingerprint density at radius 1 is 0.862 bits per heavy atom. The van der Waals surface area contributed by atoms with Crippen LogP contribution in [0.2, 0.25) is 0 Å². The number of sulfonamides is 1. The predicted molar refractivity (Wildman–Crippen MR) is 109 cm³/mol. The van der Waals surface area contributed by atoms with Gasteiger partial charge in [0.15, 0.2) is 0 Å². The average molecular weight is 420 g/mol. The molecule has 9 heteroatoms. The number of benzene rings is 2. The van der Waals surface area contributed by atoms with E-state index in [1.54, 1.807) is 0 Å². The van der Waals surface area contributed by atoms with Crippen molar-refractivity contribution in [2.75, 3.05) is 40.3 Å². The van der Waals surface area contributed by atoms with Crippen LogP contribution in [0.1, 0.15) is 26.3 Å². The van der Waals surface area contributed by atoms with Gasteiger partial charge in [0.05, 0.1) is 30.2 Å². The highest BCUT2D eigenvalue weighted by Crippen LogP contribution is 2.22. The zero-order valence-corrected chi connectivity index (χ0v) is 17.8. The Morgan fingerprint density at radius 3 is 1.76 bits per heavy atom. The van der Waals surface area contributed by atoms with Crippen LogP contribution in [0, 0.1) is 0 Å². The van der Waals surface area contributed by atoms with Gasteiger partial charge in [0, 0.05) is 33.4 Å². The molecule has 0 N–H and O–H groups in total. The summed E-state index contributed by atoms with van der Waals surface area (Å²) >= 11 is 0. The van der Waals surface area contributed by atoms with Crippen molar-refractivity contribution in [1.29, 1.82) is 0 Å². The molecule has 156 valence electrons. The predicted octanol–water partition coefficient (Wildman–Crippen LogP) is 2.15. The molecule has 2 aromatic rings. The normalized spacial score (nSPS) is 11.2. The lowest BCUT2D eigenvalue weighted by molar-refractivity contribution is 0.0598. The molecule has 0 atom stereocenters. The number of nitrogens with zero attached hydrogens (tertiary/aromatic N) is 2. The zero-order valence-electron chi connectivity index (χ0n) is 17.0. The Kier molecular flexibility index (Phi) is 6.99. The molecular formula is C20H24N2O6S. The van der Waals surface area contributed by atoms with Gasteiger partial charge in [-0.3, -0.25) is 0 Å². The van der Waals surface area contributed by atoms with Crippen molar-refractivity contribution >= 4 is 27.6 Å². The molecule has 0 heterocycles. The fourth-order valence-corrected chi connectivity index (χ4v) is 3.87. The molecule has 29 heavy (non-hydrogen) atoms. The summed E-state index contributed by atoms with van der Waals surface area (Å²) in [6, 6.07) is 11.1. The number of methoxy groups -OCH3 is 2.